The van der Waals surface area contributed by atoms with Crippen LogP contribution in [0.5, 0.6) is 0 Å². The molecule has 126 valence electrons. The molecule has 1 N–H and O–H groups in total. The van der Waals surface area contributed by atoms with Gasteiger partial charge in [-0.25, -0.2) is 9.78 Å². The lowest BCUT2D eigenvalue weighted by molar-refractivity contribution is -0.140. The van der Waals surface area contributed by atoms with Gasteiger partial charge in [-0.05, 0) is 24.3 Å². The highest BCUT2D eigenvalue weighted by Gasteiger charge is 2.23. The summed E-state index contributed by atoms with van der Waals surface area (Å²) in [4.78, 5) is 27.7. The molecule has 3 rings (SSSR count). The van der Waals surface area contributed by atoms with Gasteiger partial charge < -0.3 is 9.67 Å². The van der Waals surface area contributed by atoms with E-state index < -0.39 is 12.0 Å². The lowest BCUT2D eigenvalue weighted by Gasteiger charge is -2.22. The third-order valence-electron chi connectivity index (χ3n) is 4.86. The highest BCUT2D eigenvalue weighted by atomic mass is 16.4. The third kappa shape index (κ3) is 3.72. The van der Waals surface area contributed by atoms with Crippen LogP contribution in [-0.2, 0) is 4.79 Å². The molecule has 1 atom stereocenters. The number of Topliss-reactive ketones (excluding diaryl/α,β-unsaturated/α-hetero) is 1. The molecule has 1 aromatic carbocycles. The van der Waals surface area contributed by atoms with Crippen molar-refractivity contribution in [2.75, 3.05) is 0 Å². The topological polar surface area (TPSA) is 72.2 Å². The first-order chi connectivity index (χ1) is 11.6. The fraction of sp³-hybridized carbons (Fsp3) is 0.421. The standard InChI is InChI=1S/C19H22N2O3/c22-18(12-17(19(23)24)21-11-10-20-13-21)16-8-6-15(7-9-16)14-4-2-1-3-5-14/h6-11,13-14,17H,1-5,12H2,(H,23,24)/t17-/m0/s1. The van der Waals surface area contributed by atoms with Gasteiger partial charge in [0.15, 0.2) is 5.78 Å². The summed E-state index contributed by atoms with van der Waals surface area (Å²) in [5.74, 6) is -0.591. The second-order valence-electron chi connectivity index (χ2n) is 6.45. The molecule has 1 aromatic heterocycles. The Morgan fingerprint density at radius 1 is 1.17 bits per heavy atom. The first kappa shape index (κ1) is 16.4. The van der Waals surface area contributed by atoms with Gasteiger partial charge in [0.05, 0.1) is 6.33 Å². The highest BCUT2D eigenvalue weighted by molar-refractivity contribution is 5.98. The molecule has 0 aliphatic heterocycles. The molecule has 1 saturated carbocycles. The first-order valence-corrected chi connectivity index (χ1v) is 8.48. The fourth-order valence-electron chi connectivity index (χ4n) is 3.44. The van der Waals surface area contributed by atoms with Crippen LogP contribution in [0.4, 0.5) is 0 Å². The minimum Gasteiger partial charge on any atom is -0.480 e. The zero-order valence-corrected chi connectivity index (χ0v) is 13.6. The minimum absolute atomic E-state index is 0.0749. The van der Waals surface area contributed by atoms with E-state index in [1.165, 1.54) is 54.8 Å². The van der Waals surface area contributed by atoms with Crippen molar-refractivity contribution in [3.8, 4) is 0 Å². The van der Waals surface area contributed by atoms with Gasteiger partial charge in [0.1, 0.15) is 6.04 Å². The zero-order valence-electron chi connectivity index (χ0n) is 13.6. The normalized spacial score (nSPS) is 16.7. The van der Waals surface area contributed by atoms with Crippen LogP contribution in [-0.4, -0.2) is 26.4 Å². The smallest absolute Gasteiger partial charge is 0.327 e. The molecule has 0 bridgehead atoms. The summed E-state index contributed by atoms with van der Waals surface area (Å²) in [6, 6.07) is 6.79. The number of aliphatic carboxylic acids is 1. The maximum absolute atomic E-state index is 12.4. The van der Waals surface area contributed by atoms with Crippen molar-refractivity contribution in [3.63, 3.8) is 0 Å². The molecule has 1 aliphatic rings. The van der Waals surface area contributed by atoms with Crippen LogP contribution in [0.2, 0.25) is 0 Å². The van der Waals surface area contributed by atoms with Gasteiger partial charge in [0, 0.05) is 24.4 Å². The van der Waals surface area contributed by atoms with Crippen molar-refractivity contribution in [1.82, 2.24) is 9.55 Å². The molecule has 1 fully saturated rings. The van der Waals surface area contributed by atoms with Crippen molar-refractivity contribution in [1.29, 1.82) is 0 Å². The molecule has 5 nitrogen and oxygen atoms in total. The first-order valence-electron chi connectivity index (χ1n) is 8.48. The number of ketones is 1. The predicted octanol–water partition coefficient (Wildman–Crippen LogP) is 3.83. The van der Waals surface area contributed by atoms with E-state index >= 15 is 0 Å². The maximum Gasteiger partial charge on any atom is 0.327 e. The van der Waals surface area contributed by atoms with Gasteiger partial charge in [-0.1, -0.05) is 43.5 Å². The largest absolute Gasteiger partial charge is 0.480 e. The Balaban J connectivity index is 1.69. The lowest BCUT2D eigenvalue weighted by atomic mass is 9.84. The molecule has 5 heteroatoms. The molecule has 1 heterocycles. The number of imidazole rings is 1. The van der Waals surface area contributed by atoms with Gasteiger partial charge in [-0.15, -0.1) is 0 Å². The number of hydrogen-bond donors (Lipinski definition) is 1. The lowest BCUT2D eigenvalue weighted by Crippen LogP contribution is -2.21. The van der Waals surface area contributed by atoms with Gasteiger partial charge in [0.25, 0.3) is 0 Å². The Hall–Kier alpha value is -2.43. The van der Waals surface area contributed by atoms with E-state index in [1.807, 2.05) is 24.3 Å². The van der Waals surface area contributed by atoms with Crippen LogP contribution >= 0.6 is 0 Å². The number of nitrogens with zero attached hydrogens (tertiary/aromatic N) is 2. The summed E-state index contributed by atoms with van der Waals surface area (Å²) in [5, 5.41) is 9.35. The molecule has 1 aliphatic carbocycles. The molecule has 0 saturated heterocycles. The minimum atomic E-state index is -1.03. The molecule has 0 spiro atoms. The van der Waals surface area contributed by atoms with Crippen LogP contribution in [0.1, 0.15) is 66.4 Å². The number of carboxylic acids is 1. The van der Waals surface area contributed by atoms with Crippen LogP contribution < -0.4 is 0 Å². The van der Waals surface area contributed by atoms with Gasteiger partial charge in [-0.2, -0.15) is 0 Å². The SMILES string of the molecule is O=C(C[C@@H](C(=O)O)n1ccnc1)c1ccc(C2CCCCC2)cc1. The number of carboxylic acid groups (broad SMARTS) is 1. The van der Waals surface area contributed by atoms with E-state index in [2.05, 4.69) is 4.98 Å². The van der Waals surface area contributed by atoms with E-state index in [-0.39, 0.29) is 12.2 Å². The number of aromatic nitrogens is 2. The number of carbonyl (C=O) groups is 2. The molecule has 0 amide bonds. The average Bonchev–Trinajstić information content (AvgIpc) is 3.14. The summed E-state index contributed by atoms with van der Waals surface area (Å²) in [5.41, 5.74) is 1.86. The number of hydrogen-bond acceptors (Lipinski definition) is 3. The Labute approximate surface area is 141 Å². The van der Waals surface area contributed by atoms with Crippen molar-refractivity contribution < 1.29 is 14.7 Å². The monoisotopic (exact) mass is 326 g/mol. The van der Waals surface area contributed by atoms with E-state index in [4.69, 9.17) is 0 Å². The third-order valence-corrected chi connectivity index (χ3v) is 4.86. The predicted molar refractivity (Wildman–Crippen MR) is 90.1 cm³/mol. The van der Waals surface area contributed by atoms with Crippen LogP contribution in [0.25, 0.3) is 0 Å². The fourth-order valence-corrected chi connectivity index (χ4v) is 3.44. The summed E-state index contributed by atoms with van der Waals surface area (Å²) < 4.78 is 1.45. The summed E-state index contributed by atoms with van der Waals surface area (Å²) in [7, 11) is 0. The summed E-state index contributed by atoms with van der Waals surface area (Å²) in [6.45, 7) is 0. The van der Waals surface area contributed by atoms with E-state index in [1.54, 1.807) is 6.20 Å². The van der Waals surface area contributed by atoms with Crippen LogP contribution in [0.15, 0.2) is 43.0 Å². The van der Waals surface area contributed by atoms with Crippen molar-refractivity contribution >= 4 is 11.8 Å². The quantitative estimate of drug-likeness (QED) is 0.819. The Morgan fingerprint density at radius 2 is 1.88 bits per heavy atom. The second-order valence-corrected chi connectivity index (χ2v) is 6.45. The maximum atomic E-state index is 12.4. The molecule has 0 unspecified atom stereocenters. The Kier molecular flexibility index (Phi) is 5.08. The highest BCUT2D eigenvalue weighted by Crippen LogP contribution is 2.32. The van der Waals surface area contributed by atoms with Gasteiger partial charge in [-0.3, -0.25) is 4.79 Å². The van der Waals surface area contributed by atoms with E-state index in [9.17, 15) is 14.7 Å². The van der Waals surface area contributed by atoms with Crippen LogP contribution in [0.3, 0.4) is 0 Å². The molecule has 0 radical (unpaired) electrons. The average molecular weight is 326 g/mol. The molecular formula is C19H22N2O3. The van der Waals surface area contributed by atoms with E-state index in [0.717, 1.165) is 0 Å². The zero-order chi connectivity index (χ0) is 16.9. The second kappa shape index (κ2) is 7.43. The van der Waals surface area contributed by atoms with Gasteiger partial charge >= 0.3 is 5.97 Å². The number of carbonyl (C=O) groups excluding carboxylic acids is 1. The Morgan fingerprint density at radius 3 is 2.46 bits per heavy atom. The number of benzene rings is 1. The molecular weight excluding hydrogens is 304 g/mol. The number of rotatable bonds is 6. The van der Waals surface area contributed by atoms with Crippen molar-refractivity contribution in [3.05, 3.63) is 54.1 Å². The summed E-state index contributed by atoms with van der Waals surface area (Å²) in [6.07, 6.45) is 10.7. The van der Waals surface area contributed by atoms with Crippen molar-refractivity contribution in [2.45, 2.75) is 50.5 Å². The summed E-state index contributed by atoms with van der Waals surface area (Å²) >= 11 is 0. The van der Waals surface area contributed by atoms with Gasteiger partial charge in [0.2, 0.25) is 0 Å². The Bertz CT molecular complexity index is 686. The molecule has 24 heavy (non-hydrogen) atoms. The van der Waals surface area contributed by atoms with Crippen LogP contribution in [0, 0.1) is 0 Å². The molecule has 2 aromatic rings. The van der Waals surface area contributed by atoms with E-state index in [0.29, 0.717) is 11.5 Å². The van der Waals surface area contributed by atoms with Crippen molar-refractivity contribution in [2.24, 2.45) is 0 Å².